The summed E-state index contributed by atoms with van der Waals surface area (Å²) in [5.41, 5.74) is 1.92. The standard InChI is InChI=1S/C11H12N2O2/c1-7-12-8-5-10-11(6-9(8)13-7)15-4-2-3-14-10/h5-6H,2-4H2,1H3,(H,12,13). The Balaban J connectivity index is 2.19. The lowest BCUT2D eigenvalue weighted by atomic mass is 10.3. The number of aromatic amines is 1. The predicted molar refractivity (Wildman–Crippen MR) is 56.4 cm³/mol. The summed E-state index contributed by atoms with van der Waals surface area (Å²) in [5, 5.41) is 0. The average Bonchev–Trinajstić information content (AvgIpc) is 2.44. The first-order chi connectivity index (χ1) is 7.33. The van der Waals surface area contributed by atoms with Gasteiger partial charge in [0.1, 0.15) is 5.82 Å². The fourth-order valence-electron chi connectivity index (χ4n) is 1.79. The van der Waals surface area contributed by atoms with Crippen molar-refractivity contribution in [2.24, 2.45) is 0 Å². The molecular formula is C11H12N2O2. The second-order valence-electron chi connectivity index (χ2n) is 3.69. The number of ether oxygens (including phenoxy) is 2. The minimum absolute atomic E-state index is 0.710. The molecule has 3 rings (SSSR count). The molecule has 1 aliphatic heterocycles. The molecular weight excluding hydrogens is 192 g/mol. The van der Waals surface area contributed by atoms with Crippen molar-refractivity contribution in [3.8, 4) is 11.5 Å². The highest BCUT2D eigenvalue weighted by molar-refractivity contribution is 5.79. The number of hydrogen-bond acceptors (Lipinski definition) is 3. The summed E-state index contributed by atoms with van der Waals surface area (Å²) in [6, 6.07) is 3.88. The van der Waals surface area contributed by atoms with Crippen molar-refractivity contribution in [3.05, 3.63) is 18.0 Å². The van der Waals surface area contributed by atoms with Gasteiger partial charge in [0.2, 0.25) is 0 Å². The van der Waals surface area contributed by atoms with Crippen LogP contribution in [0, 0.1) is 6.92 Å². The van der Waals surface area contributed by atoms with Crippen LogP contribution in [-0.4, -0.2) is 23.2 Å². The third-order valence-corrected chi connectivity index (χ3v) is 2.47. The van der Waals surface area contributed by atoms with Crippen LogP contribution in [0.4, 0.5) is 0 Å². The number of fused-ring (bicyclic) bond motifs is 2. The van der Waals surface area contributed by atoms with Crippen molar-refractivity contribution in [3.63, 3.8) is 0 Å². The van der Waals surface area contributed by atoms with Gasteiger partial charge in [-0.1, -0.05) is 0 Å². The maximum Gasteiger partial charge on any atom is 0.163 e. The average molecular weight is 204 g/mol. The van der Waals surface area contributed by atoms with Gasteiger partial charge in [0, 0.05) is 18.6 Å². The Morgan fingerprint density at radius 3 is 2.73 bits per heavy atom. The molecule has 0 radical (unpaired) electrons. The molecule has 2 heterocycles. The van der Waals surface area contributed by atoms with E-state index in [0.29, 0.717) is 13.2 Å². The Kier molecular flexibility index (Phi) is 1.80. The number of hydrogen-bond donors (Lipinski definition) is 1. The molecule has 0 unspecified atom stereocenters. The van der Waals surface area contributed by atoms with Crippen LogP contribution in [0.25, 0.3) is 11.0 Å². The molecule has 4 nitrogen and oxygen atoms in total. The Morgan fingerprint density at radius 1 is 1.20 bits per heavy atom. The molecule has 0 spiro atoms. The first-order valence-corrected chi connectivity index (χ1v) is 5.09. The number of aryl methyl sites for hydroxylation is 1. The van der Waals surface area contributed by atoms with E-state index in [0.717, 1.165) is 34.8 Å². The molecule has 2 aromatic rings. The minimum atomic E-state index is 0.710. The second-order valence-corrected chi connectivity index (χ2v) is 3.69. The summed E-state index contributed by atoms with van der Waals surface area (Å²) in [7, 11) is 0. The van der Waals surface area contributed by atoms with Gasteiger partial charge < -0.3 is 14.5 Å². The molecule has 4 heteroatoms. The molecule has 1 aliphatic rings. The molecule has 0 amide bonds. The van der Waals surface area contributed by atoms with Gasteiger partial charge in [0.05, 0.1) is 24.2 Å². The molecule has 0 bridgehead atoms. The maximum atomic E-state index is 5.59. The van der Waals surface area contributed by atoms with Gasteiger partial charge in [-0.25, -0.2) is 4.98 Å². The minimum Gasteiger partial charge on any atom is -0.489 e. The van der Waals surface area contributed by atoms with Gasteiger partial charge in [-0.15, -0.1) is 0 Å². The van der Waals surface area contributed by atoms with Crippen LogP contribution >= 0.6 is 0 Å². The van der Waals surface area contributed by atoms with Gasteiger partial charge in [0.25, 0.3) is 0 Å². The summed E-state index contributed by atoms with van der Waals surface area (Å²) >= 11 is 0. The van der Waals surface area contributed by atoms with Crippen molar-refractivity contribution in [2.75, 3.05) is 13.2 Å². The Hall–Kier alpha value is -1.71. The summed E-state index contributed by atoms with van der Waals surface area (Å²) < 4.78 is 11.2. The quantitative estimate of drug-likeness (QED) is 0.714. The monoisotopic (exact) mass is 204 g/mol. The van der Waals surface area contributed by atoms with Crippen molar-refractivity contribution >= 4 is 11.0 Å². The largest absolute Gasteiger partial charge is 0.489 e. The van der Waals surface area contributed by atoms with Crippen LogP contribution in [-0.2, 0) is 0 Å². The lowest BCUT2D eigenvalue weighted by Gasteiger charge is -2.05. The molecule has 0 fully saturated rings. The second kappa shape index (κ2) is 3.15. The highest BCUT2D eigenvalue weighted by Gasteiger charge is 2.12. The number of rotatable bonds is 0. The fraction of sp³-hybridized carbons (Fsp3) is 0.364. The highest BCUT2D eigenvalue weighted by atomic mass is 16.5. The third kappa shape index (κ3) is 1.42. The summed E-state index contributed by atoms with van der Waals surface area (Å²) in [6.45, 7) is 3.36. The number of benzene rings is 1. The van der Waals surface area contributed by atoms with Gasteiger partial charge in [-0.2, -0.15) is 0 Å². The van der Waals surface area contributed by atoms with Gasteiger partial charge in [-0.3, -0.25) is 0 Å². The Morgan fingerprint density at radius 2 is 1.93 bits per heavy atom. The Labute approximate surface area is 87.2 Å². The van der Waals surface area contributed by atoms with Gasteiger partial charge in [0.15, 0.2) is 11.5 Å². The van der Waals surface area contributed by atoms with E-state index in [-0.39, 0.29) is 0 Å². The Bertz CT molecular complexity index is 462. The lowest BCUT2D eigenvalue weighted by Crippen LogP contribution is -1.97. The van der Waals surface area contributed by atoms with Crippen LogP contribution in [0.15, 0.2) is 12.1 Å². The van der Waals surface area contributed by atoms with Crippen LogP contribution in [0.1, 0.15) is 12.2 Å². The SMILES string of the molecule is Cc1nc2cc3c(cc2[nH]1)OCCCO3. The van der Waals surface area contributed by atoms with E-state index in [9.17, 15) is 0 Å². The van der Waals surface area contributed by atoms with Crippen molar-refractivity contribution < 1.29 is 9.47 Å². The highest BCUT2D eigenvalue weighted by Crippen LogP contribution is 2.33. The molecule has 0 atom stereocenters. The normalized spacial score (nSPS) is 15.3. The molecule has 0 aliphatic carbocycles. The molecule has 15 heavy (non-hydrogen) atoms. The van der Waals surface area contributed by atoms with Crippen molar-refractivity contribution in [1.82, 2.24) is 9.97 Å². The first kappa shape index (κ1) is 8.59. The van der Waals surface area contributed by atoms with E-state index in [1.807, 2.05) is 19.1 Å². The molecule has 1 aromatic carbocycles. The van der Waals surface area contributed by atoms with E-state index < -0.39 is 0 Å². The molecule has 78 valence electrons. The topological polar surface area (TPSA) is 47.1 Å². The number of aromatic nitrogens is 2. The van der Waals surface area contributed by atoms with Crippen LogP contribution in [0.3, 0.4) is 0 Å². The van der Waals surface area contributed by atoms with Gasteiger partial charge >= 0.3 is 0 Å². The van der Waals surface area contributed by atoms with E-state index in [1.54, 1.807) is 0 Å². The molecule has 1 N–H and O–H groups in total. The van der Waals surface area contributed by atoms with Gasteiger partial charge in [-0.05, 0) is 6.92 Å². The summed E-state index contributed by atoms with van der Waals surface area (Å²) in [4.78, 5) is 7.54. The molecule has 1 aromatic heterocycles. The smallest absolute Gasteiger partial charge is 0.163 e. The van der Waals surface area contributed by atoms with Crippen LogP contribution in [0.2, 0.25) is 0 Å². The fourth-order valence-corrected chi connectivity index (χ4v) is 1.79. The van der Waals surface area contributed by atoms with Crippen LogP contribution < -0.4 is 9.47 Å². The number of H-pyrrole nitrogens is 1. The molecule has 0 saturated carbocycles. The number of nitrogens with one attached hydrogen (secondary N) is 1. The summed E-state index contributed by atoms with van der Waals surface area (Å²) in [6.07, 6.45) is 0.926. The number of imidazole rings is 1. The maximum absolute atomic E-state index is 5.59. The summed E-state index contributed by atoms with van der Waals surface area (Å²) in [5.74, 6) is 2.51. The van der Waals surface area contributed by atoms with E-state index >= 15 is 0 Å². The van der Waals surface area contributed by atoms with E-state index in [2.05, 4.69) is 9.97 Å². The molecule has 0 saturated heterocycles. The zero-order chi connectivity index (χ0) is 10.3. The van der Waals surface area contributed by atoms with Crippen molar-refractivity contribution in [1.29, 1.82) is 0 Å². The lowest BCUT2D eigenvalue weighted by molar-refractivity contribution is 0.297. The zero-order valence-corrected chi connectivity index (χ0v) is 8.54. The first-order valence-electron chi connectivity index (χ1n) is 5.09. The zero-order valence-electron chi connectivity index (χ0n) is 8.54. The van der Waals surface area contributed by atoms with E-state index in [1.165, 1.54) is 0 Å². The predicted octanol–water partition coefficient (Wildman–Crippen LogP) is 2.03. The number of nitrogens with zero attached hydrogens (tertiary/aromatic N) is 1. The van der Waals surface area contributed by atoms with Crippen LogP contribution in [0.5, 0.6) is 11.5 Å². The third-order valence-electron chi connectivity index (χ3n) is 2.47. The van der Waals surface area contributed by atoms with E-state index in [4.69, 9.17) is 9.47 Å². The van der Waals surface area contributed by atoms with Crippen molar-refractivity contribution in [2.45, 2.75) is 13.3 Å².